The first kappa shape index (κ1) is 13.4. The van der Waals surface area contributed by atoms with Crippen molar-refractivity contribution in [1.82, 2.24) is 0 Å². The van der Waals surface area contributed by atoms with E-state index in [-0.39, 0.29) is 0 Å². The monoisotopic (exact) mass is 270 g/mol. The van der Waals surface area contributed by atoms with Gasteiger partial charge in [0, 0.05) is 17.4 Å². The predicted octanol–water partition coefficient (Wildman–Crippen LogP) is 3.05. The van der Waals surface area contributed by atoms with E-state index in [0.29, 0.717) is 10.5 Å². The summed E-state index contributed by atoms with van der Waals surface area (Å²) >= 11 is 0. The molecule has 3 heteroatoms. The van der Waals surface area contributed by atoms with Crippen molar-refractivity contribution in [3.05, 3.63) is 53.6 Å². The van der Waals surface area contributed by atoms with Crippen molar-refractivity contribution in [1.29, 1.82) is 0 Å². The van der Waals surface area contributed by atoms with Crippen LogP contribution in [0.1, 0.15) is 11.1 Å². The van der Waals surface area contributed by atoms with E-state index in [1.807, 2.05) is 31.2 Å². The summed E-state index contributed by atoms with van der Waals surface area (Å²) in [4.78, 5) is 0.323. The van der Waals surface area contributed by atoms with Gasteiger partial charge in [0.15, 0.2) is 9.84 Å². The second-order valence-electron chi connectivity index (χ2n) is 4.50. The van der Waals surface area contributed by atoms with Gasteiger partial charge in [-0.2, -0.15) is 0 Å². The Morgan fingerprint density at radius 3 is 2.42 bits per heavy atom. The highest BCUT2D eigenvalue weighted by Gasteiger charge is 2.14. The van der Waals surface area contributed by atoms with E-state index >= 15 is 0 Å². The topological polar surface area (TPSA) is 34.1 Å². The number of terminal acetylenes is 1. The maximum Gasteiger partial charge on any atom is 0.176 e. The molecule has 0 atom stereocenters. The predicted molar refractivity (Wildman–Crippen MR) is 77.7 cm³/mol. The van der Waals surface area contributed by atoms with Crippen LogP contribution in [-0.4, -0.2) is 14.7 Å². The fourth-order valence-corrected chi connectivity index (χ4v) is 2.96. The van der Waals surface area contributed by atoms with E-state index in [1.54, 1.807) is 18.2 Å². The summed E-state index contributed by atoms with van der Waals surface area (Å²) in [6.07, 6.45) is 6.63. The molecule has 0 bridgehead atoms. The van der Waals surface area contributed by atoms with Crippen LogP contribution in [0.4, 0.5) is 0 Å². The molecule has 0 saturated carbocycles. The van der Waals surface area contributed by atoms with E-state index in [0.717, 1.165) is 16.7 Å². The molecule has 2 aromatic rings. The standard InChI is InChI=1S/C16H14O2S/c1-4-13-9-12(2)10-14(11-13)15-7-5-6-8-16(15)19(3,17)18/h1,5-11H,2-3H3. The van der Waals surface area contributed by atoms with E-state index in [4.69, 9.17) is 6.42 Å². The molecule has 0 aliphatic rings. The van der Waals surface area contributed by atoms with Gasteiger partial charge in [-0.3, -0.25) is 0 Å². The van der Waals surface area contributed by atoms with Crippen molar-refractivity contribution in [2.75, 3.05) is 6.26 Å². The zero-order valence-electron chi connectivity index (χ0n) is 10.8. The first-order valence-corrected chi connectivity index (χ1v) is 7.69. The second-order valence-corrected chi connectivity index (χ2v) is 6.48. The molecule has 0 aliphatic heterocycles. The van der Waals surface area contributed by atoms with Crippen molar-refractivity contribution in [3.63, 3.8) is 0 Å². The lowest BCUT2D eigenvalue weighted by Crippen LogP contribution is -1.99. The quantitative estimate of drug-likeness (QED) is 0.786. The van der Waals surface area contributed by atoms with Gasteiger partial charge in [-0.1, -0.05) is 30.2 Å². The maximum absolute atomic E-state index is 11.8. The van der Waals surface area contributed by atoms with Crippen LogP contribution in [0.2, 0.25) is 0 Å². The maximum atomic E-state index is 11.8. The van der Waals surface area contributed by atoms with Gasteiger partial charge in [0.25, 0.3) is 0 Å². The first-order chi connectivity index (χ1) is 8.91. The minimum Gasteiger partial charge on any atom is -0.224 e. The molecule has 0 aliphatic carbocycles. The summed E-state index contributed by atoms with van der Waals surface area (Å²) in [5, 5.41) is 0. The third kappa shape index (κ3) is 2.86. The highest BCUT2D eigenvalue weighted by Crippen LogP contribution is 2.28. The van der Waals surface area contributed by atoms with Gasteiger partial charge in [-0.25, -0.2) is 8.42 Å². The van der Waals surface area contributed by atoms with Crippen molar-refractivity contribution < 1.29 is 8.42 Å². The number of hydrogen-bond acceptors (Lipinski definition) is 2. The van der Waals surface area contributed by atoms with Crippen LogP contribution in [0.3, 0.4) is 0 Å². The number of aryl methyl sites for hydroxylation is 1. The molecule has 0 radical (unpaired) electrons. The fraction of sp³-hybridized carbons (Fsp3) is 0.125. The van der Waals surface area contributed by atoms with Crippen LogP contribution in [0.25, 0.3) is 11.1 Å². The third-order valence-corrected chi connectivity index (χ3v) is 4.00. The number of sulfone groups is 1. The summed E-state index contributed by atoms with van der Waals surface area (Å²) < 4.78 is 23.7. The Labute approximate surface area is 114 Å². The van der Waals surface area contributed by atoms with E-state index in [9.17, 15) is 8.42 Å². The zero-order chi connectivity index (χ0) is 14.0. The zero-order valence-corrected chi connectivity index (χ0v) is 11.7. The summed E-state index contributed by atoms with van der Waals surface area (Å²) in [5.41, 5.74) is 3.27. The van der Waals surface area contributed by atoms with Crippen molar-refractivity contribution >= 4 is 9.84 Å². The Hall–Kier alpha value is -2.05. The van der Waals surface area contributed by atoms with Crippen molar-refractivity contribution in [2.45, 2.75) is 11.8 Å². The van der Waals surface area contributed by atoms with Crippen LogP contribution < -0.4 is 0 Å². The molecule has 2 nitrogen and oxygen atoms in total. The minimum absolute atomic E-state index is 0.323. The molecule has 0 N–H and O–H groups in total. The molecule has 0 saturated heterocycles. The van der Waals surface area contributed by atoms with Gasteiger partial charge in [0.05, 0.1) is 4.90 Å². The first-order valence-electron chi connectivity index (χ1n) is 5.79. The second kappa shape index (κ2) is 4.91. The summed E-state index contributed by atoms with van der Waals surface area (Å²) in [7, 11) is -3.27. The smallest absolute Gasteiger partial charge is 0.176 e. The van der Waals surface area contributed by atoms with Crippen LogP contribution in [0, 0.1) is 19.3 Å². The molecule has 19 heavy (non-hydrogen) atoms. The number of hydrogen-bond donors (Lipinski definition) is 0. The van der Waals surface area contributed by atoms with Gasteiger partial charge in [0.2, 0.25) is 0 Å². The van der Waals surface area contributed by atoms with Crippen molar-refractivity contribution in [3.8, 4) is 23.5 Å². The summed E-state index contributed by atoms with van der Waals surface area (Å²) in [6, 6.07) is 12.6. The Bertz CT molecular complexity index is 766. The molecular formula is C16H14O2S. The molecule has 0 aromatic heterocycles. The Kier molecular flexibility index (Phi) is 3.46. The highest BCUT2D eigenvalue weighted by molar-refractivity contribution is 7.90. The van der Waals surface area contributed by atoms with Crippen LogP contribution in [0.15, 0.2) is 47.4 Å². The van der Waals surface area contributed by atoms with Crippen LogP contribution >= 0.6 is 0 Å². The summed E-state index contributed by atoms with van der Waals surface area (Å²) in [6.45, 7) is 1.94. The van der Waals surface area contributed by atoms with E-state index < -0.39 is 9.84 Å². The highest BCUT2D eigenvalue weighted by atomic mass is 32.2. The van der Waals surface area contributed by atoms with Gasteiger partial charge >= 0.3 is 0 Å². The van der Waals surface area contributed by atoms with Crippen molar-refractivity contribution in [2.24, 2.45) is 0 Å². The van der Waals surface area contributed by atoms with Gasteiger partial charge in [-0.05, 0) is 36.2 Å². The molecule has 96 valence electrons. The number of rotatable bonds is 2. The molecular weight excluding hydrogens is 256 g/mol. The lowest BCUT2D eigenvalue weighted by atomic mass is 10.0. The molecule has 0 fully saturated rings. The normalized spacial score (nSPS) is 11.0. The molecule has 2 rings (SSSR count). The number of benzene rings is 2. The van der Waals surface area contributed by atoms with Crippen LogP contribution in [0.5, 0.6) is 0 Å². The molecule has 0 amide bonds. The van der Waals surface area contributed by atoms with Gasteiger partial charge in [0.1, 0.15) is 0 Å². The molecule has 0 heterocycles. The fourth-order valence-electron chi connectivity index (χ4n) is 2.05. The largest absolute Gasteiger partial charge is 0.224 e. The minimum atomic E-state index is -3.27. The Balaban J connectivity index is 2.74. The SMILES string of the molecule is C#Cc1cc(C)cc(-c2ccccc2S(C)(=O)=O)c1. The Morgan fingerprint density at radius 2 is 1.79 bits per heavy atom. The average molecular weight is 270 g/mol. The van der Waals surface area contributed by atoms with Crippen LogP contribution in [-0.2, 0) is 9.84 Å². The summed E-state index contributed by atoms with van der Waals surface area (Å²) in [5.74, 6) is 2.59. The van der Waals surface area contributed by atoms with E-state index in [1.165, 1.54) is 6.26 Å². The lowest BCUT2D eigenvalue weighted by molar-refractivity contribution is 0.602. The lowest BCUT2D eigenvalue weighted by Gasteiger charge is -2.09. The molecule has 0 spiro atoms. The van der Waals surface area contributed by atoms with Gasteiger partial charge < -0.3 is 0 Å². The van der Waals surface area contributed by atoms with Gasteiger partial charge in [-0.15, -0.1) is 6.42 Å². The third-order valence-electron chi connectivity index (χ3n) is 2.84. The molecule has 0 unspecified atom stereocenters. The average Bonchev–Trinajstić information content (AvgIpc) is 2.37. The molecule has 2 aromatic carbocycles. The van der Waals surface area contributed by atoms with E-state index in [2.05, 4.69) is 5.92 Å². The Morgan fingerprint density at radius 1 is 1.11 bits per heavy atom.